The molecule has 1 aromatic carbocycles. The minimum atomic E-state index is 0.294. The van der Waals surface area contributed by atoms with Crippen molar-refractivity contribution in [3.8, 4) is 0 Å². The summed E-state index contributed by atoms with van der Waals surface area (Å²) < 4.78 is 5.42. The summed E-state index contributed by atoms with van der Waals surface area (Å²) in [4.78, 5) is 2.37. The van der Waals surface area contributed by atoms with Crippen molar-refractivity contribution in [2.24, 2.45) is 0 Å². The lowest BCUT2D eigenvalue weighted by Gasteiger charge is -2.22. The van der Waals surface area contributed by atoms with Gasteiger partial charge in [-0.25, -0.2) is 0 Å². The summed E-state index contributed by atoms with van der Waals surface area (Å²) in [6, 6.07) is 8.07. The van der Waals surface area contributed by atoms with Crippen LogP contribution in [0.25, 0.3) is 0 Å². The van der Waals surface area contributed by atoms with Gasteiger partial charge >= 0.3 is 0 Å². The second-order valence-corrected chi connectivity index (χ2v) is 4.04. The molecule has 15 heavy (non-hydrogen) atoms. The summed E-state index contributed by atoms with van der Waals surface area (Å²) in [6.45, 7) is 2.08. The molecule has 0 spiro atoms. The highest BCUT2D eigenvalue weighted by atomic mass is 16.5. The minimum absolute atomic E-state index is 0.294. The molecule has 2 N–H and O–H groups in total. The van der Waals surface area contributed by atoms with Crippen LogP contribution in [-0.2, 0) is 11.3 Å². The molecule has 0 amide bonds. The van der Waals surface area contributed by atoms with Gasteiger partial charge in [0.1, 0.15) is 6.23 Å². The number of nitrogens with two attached hydrogens (primary N) is 1. The summed E-state index contributed by atoms with van der Waals surface area (Å²) in [7, 11) is 1.78. The van der Waals surface area contributed by atoms with Crippen LogP contribution in [-0.4, -0.2) is 24.8 Å². The number of nitrogen functional groups attached to an aromatic ring is 1. The van der Waals surface area contributed by atoms with E-state index in [1.807, 2.05) is 12.1 Å². The summed E-state index contributed by atoms with van der Waals surface area (Å²) in [5.74, 6) is 0. The van der Waals surface area contributed by atoms with E-state index in [0.29, 0.717) is 6.23 Å². The predicted molar refractivity (Wildman–Crippen MR) is 61.3 cm³/mol. The summed E-state index contributed by atoms with van der Waals surface area (Å²) >= 11 is 0. The van der Waals surface area contributed by atoms with Gasteiger partial charge in [0.25, 0.3) is 0 Å². The highest BCUT2D eigenvalue weighted by Gasteiger charge is 2.23. The van der Waals surface area contributed by atoms with Gasteiger partial charge in [0.15, 0.2) is 0 Å². The summed E-state index contributed by atoms with van der Waals surface area (Å²) in [6.07, 6.45) is 2.67. The number of likely N-dealkylation sites (tertiary alicyclic amines) is 1. The molecule has 1 fully saturated rings. The smallest absolute Gasteiger partial charge is 0.110 e. The Morgan fingerprint density at radius 2 is 2.13 bits per heavy atom. The lowest BCUT2D eigenvalue weighted by Crippen LogP contribution is -2.30. The molecule has 3 nitrogen and oxygen atoms in total. The SMILES string of the molecule is COC1CCCN1Cc1ccc(N)cc1. The van der Waals surface area contributed by atoms with Gasteiger partial charge in [-0.2, -0.15) is 0 Å². The first-order chi connectivity index (χ1) is 7.29. The third kappa shape index (κ3) is 2.49. The standard InChI is InChI=1S/C12H18N2O/c1-15-12-3-2-8-14(12)9-10-4-6-11(13)7-5-10/h4-7,12H,2-3,8-9,13H2,1H3. The van der Waals surface area contributed by atoms with Crippen LogP contribution < -0.4 is 5.73 Å². The van der Waals surface area contributed by atoms with E-state index in [0.717, 1.165) is 25.2 Å². The van der Waals surface area contributed by atoms with E-state index in [-0.39, 0.29) is 0 Å². The Kier molecular flexibility index (Phi) is 3.23. The second kappa shape index (κ2) is 4.64. The van der Waals surface area contributed by atoms with Crippen LogP contribution in [0, 0.1) is 0 Å². The highest BCUT2D eigenvalue weighted by Crippen LogP contribution is 2.20. The third-order valence-electron chi connectivity index (χ3n) is 2.94. The van der Waals surface area contributed by atoms with Crippen molar-refractivity contribution >= 4 is 5.69 Å². The fourth-order valence-corrected chi connectivity index (χ4v) is 2.10. The van der Waals surface area contributed by atoms with Crippen LogP contribution in [0.2, 0.25) is 0 Å². The molecule has 0 saturated carbocycles. The lowest BCUT2D eigenvalue weighted by atomic mass is 10.2. The van der Waals surface area contributed by atoms with E-state index in [4.69, 9.17) is 10.5 Å². The van der Waals surface area contributed by atoms with Crippen molar-refractivity contribution in [3.05, 3.63) is 29.8 Å². The number of anilines is 1. The van der Waals surface area contributed by atoms with Crippen molar-refractivity contribution in [1.29, 1.82) is 0 Å². The first kappa shape index (κ1) is 10.5. The average Bonchev–Trinajstić information content (AvgIpc) is 2.69. The maximum Gasteiger partial charge on any atom is 0.110 e. The van der Waals surface area contributed by atoms with Gasteiger partial charge in [0, 0.05) is 25.9 Å². The molecule has 1 aromatic rings. The zero-order valence-corrected chi connectivity index (χ0v) is 9.15. The second-order valence-electron chi connectivity index (χ2n) is 4.04. The maximum absolute atomic E-state index is 5.65. The fourth-order valence-electron chi connectivity index (χ4n) is 2.10. The molecule has 1 heterocycles. The van der Waals surface area contributed by atoms with Crippen molar-refractivity contribution in [3.63, 3.8) is 0 Å². The number of rotatable bonds is 3. The van der Waals surface area contributed by atoms with Crippen molar-refractivity contribution < 1.29 is 4.74 Å². The largest absolute Gasteiger partial charge is 0.399 e. The van der Waals surface area contributed by atoms with Crippen LogP contribution in [0.15, 0.2) is 24.3 Å². The Morgan fingerprint density at radius 1 is 1.40 bits per heavy atom. The molecule has 0 bridgehead atoms. The first-order valence-electron chi connectivity index (χ1n) is 5.41. The fraction of sp³-hybridized carbons (Fsp3) is 0.500. The average molecular weight is 206 g/mol. The van der Waals surface area contributed by atoms with Gasteiger partial charge in [-0.05, 0) is 30.5 Å². The first-order valence-corrected chi connectivity index (χ1v) is 5.41. The molecule has 1 atom stereocenters. The molecule has 1 aliphatic rings. The zero-order valence-electron chi connectivity index (χ0n) is 9.15. The topological polar surface area (TPSA) is 38.5 Å². The van der Waals surface area contributed by atoms with Crippen LogP contribution in [0.5, 0.6) is 0 Å². The van der Waals surface area contributed by atoms with Gasteiger partial charge < -0.3 is 10.5 Å². The number of hydrogen-bond acceptors (Lipinski definition) is 3. The van der Waals surface area contributed by atoms with Crippen LogP contribution in [0.1, 0.15) is 18.4 Å². The van der Waals surface area contributed by atoms with Crippen LogP contribution in [0.4, 0.5) is 5.69 Å². The molecule has 0 aliphatic carbocycles. The van der Waals surface area contributed by atoms with Gasteiger partial charge in [-0.1, -0.05) is 12.1 Å². The van der Waals surface area contributed by atoms with E-state index < -0.39 is 0 Å². The number of ether oxygens (including phenoxy) is 1. The minimum Gasteiger partial charge on any atom is -0.399 e. The normalized spacial score (nSPS) is 22.1. The molecule has 3 heteroatoms. The van der Waals surface area contributed by atoms with Crippen LogP contribution >= 0.6 is 0 Å². The Labute approximate surface area is 90.8 Å². The third-order valence-corrected chi connectivity index (χ3v) is 2.94. The molecular weight excluding hydrogens is 188 g/mol. The van der Waals surface area contributed by atoms with E-state index in [2.05, 4.69) is 17.0 Å². The highest BCUT2D eigenvalue weighted by molar-refractivity contribution is 5.39. The molecule has 1 aliphatic heterocycles. The molecule has 1 unspecified atom stereocenters. The van der Waals surface area contributed by atoms with Gasteiger partial charge in [0.05, 0.1) is 0 Å². The predicted octanol–water partition coefficient (Wildman–Crippen LogP) is 1.84. The Balaban J connectivity index is 1.99. The molecule has 82 valence electrons. The number of benzene rings is 1. The van der Waals surface area contributed by atoms with E-state index in [9.17, 15) is 0 Å². The number of methoxy groups -OCH3 is 1. The van der Waals surface area contributed by atoms with Gasteiger partial charge in [0.2, 0.25) is 0 Å². The summed E-state index contributed by atoms with van der Waals surface area (Å²) in [5.41, 5.74) is 7.77. The maximum atomic E-state index is 5.65. The van der Waals surface area contributed by atoms with E-state index in [1.165, 1.54) is 12.0 Å². The summed E-state index contributed by atoms with van der Waals surface area (Å²) in [5, 5.41) is 0. The van der Waals surface area contributed by atoms with Gasteiger partial charge in [-0.15, -0.1) is 0 Å². The monoisotopic (exact) mass is 206 g/mol. The molecule has 0 radical (unpaired) electrons. The van der Waals surface area contributed by atoms with Crippen molar-refractivity contribution in [2.45, 2.75) is 25.6 Å². The Bertz CT molecular complexity index is 310. The van der Waals surface area contributed by atoms with Crippen molar-refractivity contribution in [1.82, 2.24) is 4.90 Å². The van der Waals surface area contributed by atoms with E-state index in [1.54, 1.807) is 7.11 Å². The molecule has 2 rings (SSSR count). The zero-order chi connectivity index (χ0) is 10.7. The van der Waals surface area contributed by atoms with E-state index >= 15 is 0 Å². The molecule has 1 saturated heterocycles. The Hall–Kier alpha value is -1.06. The number of nitrogens with zero attached hydrogens (tertiary/aromatic N) is 1. The quantitative estimate of drug-likeness (QED) is 0.767. The van der Waals surface area contributed by atoms with Gasteiger partial charge in [-0.3, -0.25) is 4.90 Å². The Morgan fingerprint density at radius 3 is 2.80 bits per heavy atom. The van der Waals surface area contributed by atoms with Crippen LogP contribution in [0.3, 0.4) is 0 Å². The number of hydrogen-bond donors (Lipinski definition) is 1. The molecular formula is C12H18N2O. The lowest BCUT2D eigenvalue weighted by molar-refractivity contribution is -0.00814. The molecule has 0 aromatic heterocycles. The van der Waals surface area contributed by atoms with Crippen molar-refractivity contribution in [2.75, 3.05) is 19.4 Å².